The number of pyridine rings is 1. The van der Waals surface area contributed by atoms with Crippen molar-refractivity contribution in [2.24, 2.45) is 0 Å². The fourth-order valence-electron chi connectivity index (χ4n) is 2.03. The second-order valence-electron chi connectivity index (χ2n) is 4.24. The lowest BCUT2D eigenvalue weighted by Gasteiger charge is -2.33. The van der Waals surface area contributed by atoms with E-state index >= 15 is 0 Å². The van der Waals surface area contributed by atoms with Crippen molar-refractivity contribution in [3.8, 4) is 0 Å². The Morgan fingerprint density at radius 1 is 1.62 bits per heavy atom. The van der Waals surface area contributed by atoms with Crippen LogP contribution in [0.2, 0.25) is 0 Å². The van der Waals surface area contributed by atoms with E-state index < -0.39 is 0 Å². The van der Waals surface area contributed by atoms with Gasteiger partial charge in [0.15, 0.2) is 0 Å². The number of hydrogen-bond donors (Lipinski definition) is 1. The molecule has 1 aromatic heterocycles. The lowest BCUT2D eigenvalue weighted by Crippen LogP contribution is -2.37. The van der Waals surface area contributed by atoms with E-state index in [1.807, 2.05) is 18.7 Å². The summed E-state index contributed by atoms with van der Waals surface area (Å²) in [6.07, 6.45) is 1.79. The zero-order chi connectivity index (χ0) is 11.5. The molecule has 1 atom stereocenters. The van der Waals surface area contributed by atoms with Gasteiger partial charge in [0.2, 0.25) is 0 Å². The van der Waals surface area contributed by atoms with E-state index in [2.05, 4.69) is 22.9 Å². The third kappa shape index (κ3) is 2.50. The van der Waals surface area contributed by atoms with Gasteiger partial charge >= 0.3 is 0 Å². The highest BCUT2D eigenvalue weighted by molar-refractivity contribution is 8.00. The largest absolute Gasteiger partial charge is 0.392 e. The fourth-order valence-corrected chi connectivity index (χ4v) is 3.04. The van der Waals surface area contributed by atoms with Gasteiger partial charge in [-0.05, 0) is 13.0 Å². The summed E-state index contributed by atoms with van der Waals surface area (Å²) in [6, 6.07) is 2.08. The van der Waals surface area contributed by atoms with Crippen LogP contribution in [0.4, 0.5) is 5.69 Å². The maximum absolute atomic E-state index is 9.33. The third-order valence-electron chi connectivity index (χ3n) is 2.85. The van der Waals surface area contributed by atoms with E-state index in [-0.39, 0.29) is 6.61 Å². The Bertz CT molecular complexity index is 370. The van der Waals surface area contributed by atoms with Crippen molar-refractivity contribution in [3.05, 3.63) is 23.5 Å². The van der Waals surface area contributed by atoms with Gasteiger partial charge in [0.25, 0.3) is 0 Å². The third-order valence-corrected chi connectivity index (χ3v) is 3.99. The monoisotopic (exact) mass is 238 g/mol. The zero-order valence-electron chi connectivity index (χ0n) is 9.81. The Morgan fingerprint density at radius 2 is 2.44 bits per heavy atom. The molecule has 0 radical (unpaired) electrons. The number of aryl methyl sites for hydroxylation is 1. The molecule has 1 aromatic rings. The maximum atomic E-state index is 9.33. The minimum Gasteiger partial charge on any atom is -0.392 e. The highest BCUT2D eigenvalue weighted by atomic mass is 32.2. The molecule has 16 heavy (non-hydrogen) atoms. The molecule has 3 nitrogen and oxygen atoms in total. The van der Waals surface area contributed by atoms with E-state index in [4.69, 9.17) is 0 Å². The smallest absolute Gasteiger partial charge is 0.0717 e. The normalized spacial score (nSPS) is 21.2. The van der Waals surface area contributed by atoms with Gasteiger partial charge in [-0.3, -0.25) is 4.98 Å². The van der Waals surface area contributed by atoms with E-state index in [9.17, 15) is 5.11 Å². The predicted molar refractivity (Wildman–Crippen MR) is 69.0 cm³/mol. The highest BCUT2D eigenvalue weighted by Crippen LogP contribution is 2.26. The van der Waals surface area contributed by atoms with Crippen LogP contribution in [0.25, 0.3) is 0 Å². The van der Waals surface area contributed by atoms with Crippen LogP contribution in [0, 0.1) is 6.92 Å². The van der Waals surface area contributed by atoms with E-state index in [0.29, 0.717) is 5.25 Å². The Hall–Kier alpha value is -0.740. The molecule has 88 valence electrons. The molecule has 1 unspecified atom stereocenters. The zero-order valence-corrected chi connectivity index (χ0v) is 10.6. The van der Waals surface area contributed by atoms with Crippen LogP contribution in [-0.4, -0.2) is 34.2 Å². The van der Waals surface area contributed by atoms with Crippen LogP contribution in [0.1, 0.15) is 18.2 Å². The van der Waals surface area contributed by atoms with Crippen molar-refractivity contribution < 1.29 is 5.11 Å². The predicted octanol–water partition coefficient (Wildman–Crippen LogP) is 1.82. The van der Waals surface area contributed by atoms with Crippen LogP contribution in [0.15, 0.2) is 12.3 Å². The van der Waals surface area contributed by atoms with Crippen LogP contribution in [0.5, 0.6) is 0 Å². The number of rotatable bonds is 2. The molecule has 2 heterocycles. The van der Waals surface area contributed by atoms with Gasteiger partial charge in [0, 0.05) is 47.2 Å². The summed E-state index contributed by atoms with van der Waals surface area (Å²) in [5.41, 5.74) is 3.10. The number of nitrogens with zero attached hydrogens (tertiary/aromatic N) is 2. The summed E-state index contributed by atoms with van der Waals surface area (Å²) in [4.78, 5) is 6.60. The van der Waals surface area contributed by atoms with E-state index in [1.54, 1.807) is 6.20 Å². The first-order valence-electron chi connectivity index (χ1n) is 5.63. The van der Waals surface area contributed by atoms with Gasteiger partial charge in [-0.1, -0.05) is 6.92 Å². The average molecular weight is 238 g/mol. The summed E-state index contributed by atoms with van der Waals surface area (Å²) in [6.45, 7) is 6.43. The summed E-state index contributed by atoms with van der Waals surface area (Å²) in [5.74, 6) is 1.16. The molecule has 1 fully saturated rings. The quantitative estimate of drug-likeness (QED) is 0.852. The van der Waals surface area contributed by atoms with Crippen molar-refractivity contribution >= 4 is 17.4 Å². The molecule has 1 saturated heterocycles. The van der Waals surface area contributed by atoms with Gasteiger partial charge in [0.05, 0.1) is 6.61 Å². The highest BCUT2D eigenvalue weighted by Gasteiger charge is 2.19. The molecule has 0 saturated carbocycles. The molecule has 0 bridgehead atoms. The van der Waals surface area contributed by atoms with E-state index in [0.717, 1.165) is 35.8 Å². The van der Waals surface area contributed by atoms with Crippen LogP contribution in [0.3, 0.4) is 0 Å². The summed E-state index contributed by atoms with van der Waals surface area (Å²) in [5, 5.41) is 9.99. The Balaban J connectivity index is 2.26. The molecule has 4 heteroatoms. The average Bonchev–Trinajstić information content (AvgIpc) is 2.29. The lowest BCUT2D eigenvalue weighted by atomic mass is 10.2. The van der Waals surface area contributed by atoms with Crippen molar-refractivity contribution in [2.45, 2.75) is 25.7 Å². The second kappa shape index (κ2) is 5.06. The molecule has 1 N–H and O–H groups in total. The van der Waals surface area contributed by atoms with Gasteiger partial charge in [-0.15, -0.1) is 0 Å². The summed E-state index contributed by atoms with van der Waals surface area (Å²) < 4.78 is 0. The minimum atomic E-state index is 0.0701. The maximum Gasteiger partial charge on any atom is 0.0717 e. The molecular formula is C12H18N2OS. The van der Waals surface area contributed by atoms with Gasteiger partial charge in [-0.25, -0.2) is 0 Å². The van der Waals surface area contributed by atoms with Crippen LogP contribution in [-0.2, 0) is 6.61 Å². The fraction of sp³-hybridized carbons (Fsp3) is 0.583. The molecule has 0 amide bonds. The number of thioether (sulfide) groups is 1. The Kier molecular flexibility index (Phi) is 3.71. The summed E-state index contributed by atoms with van der Waals surface area (Å²) >= 11 is 2.01. The Morgan fingerprint density at radius 3 is 3.12 bits per heavy atom. The number of hydrogen-bond acceptors (Lipinski definition) is 4. The van der Waals surface area contributed by atoms with Gasteiger partial charge < -0.3 is 10.0 Å². The number of aliphatic hydroxyl groups is 1. The second-order valence-corrected chi connectivity index (χ2v) is 5.79. The molecular weight excluding hydrogens is 220 g/mol. The Labute approximate surface area is 101 Å². The first-order chi connectivity index (χ1) is 7.70. The molecule has 1 aliphatic rings. The van der Waals surface area contributed by atoms with Crippen molar-refractivity contribution in [2.75, 3.05) is 23.7 Å². The first kappa shape index (κ1) is 11.7. The van der Waals surface area contributed by atoms with Crippen molar-refractivity contribution in [1.29, 1.82) is 0 Å². The van der Waals surface area contributed by atoms with E-state index in [1.165, 1.54) is 0 Å². The van der Waals surface area contributed by atoms with Gasteiger partial charge in [0.1, 0.15) is 0 Å². The van der Waals surface area contributed by atoms with Gasteiger partial charge in [-0.2, -0.15) is 11.8 Å². The SMILES string of the molecule is Cc1cc(N2CCSC(C)C2)c(CO)cn1. The minimum absolute atomic E-state index is 0.0701. The van der Waals surface area contributed by atoms with Crippen LogP contribution >= 0.6 is 11.8 Å². The molecule has 0 spiro atoms. The summed E-state index contributed by atoms with van der Waals surface area (Å²) in [7, 11) is 0. The van der Waals surface area contributed by atoms with Crippen LogP contribution < -0.4 is 4.90 Å². The standard InChI is InChI=1S/C12H18N2OS/c1-9-5-12(11(8-15)6-13-9)14-3-4-16-10(2)7-14/h5-6,10,15H,3-4,7-8H2,1-2H3. The number of aromatic nitrogens is 1. The first-order valence-corrected chi connectivity index (χ1v) is 6.68. The lowest BCUT2D eigenvalue weighted by molar-refractivity contribution is 0.281. The van der Waals surface area contributed by atoms with Crippen molar-refractivity contribution in [3.63, 3.8) is 0 Å². The molecule has 0 aromatic carbocycles. The van der Waals surface area contributed by atoms with Crippen molar-refractivity contribution in [1.82, 2.24) is 4.98 Å². The molecule has 2 rings (SSSR count). The topological polar surface area (TPSA) is 36.4 Å². The number of aliphatic hydroxyl groups excluding tert-OH is 1. The molecule has 1 aliphatic heterocycles. The molecule has 0 aliphatic carbocycles. The number of anilines is 1.